The molecular formula is C49H70N10O15S. The Hall–Kier alpha value is -7.32. The van der Waals surface area contributed by atoms with Crippen molar-refractivity contribution in [2.75, 3.05) is 31.6 Å². The number of aliphatic hydroxyl groups excluding tert-OH is 1. The van der Waals surface area contributed by atoms with Crippen LogP contribution in [-0.2, 0) is 65.6 Å². The van der Waals surface area contributed by atoms with Crippen molar-refractivity contribution in [3.8, 4) is 5.75 Å². The van der Waals surface area contributed by atoms with E-state index in [1.54, 1.807) is 44.2 Å². The number of hydrogen-bond donors (Lipinski definition) is 13. The highest BCUT2D eigenvalue weighted by Gasteiger charge is 2.39. The van der Waals surface area contributed by atoms with Crippen LogP contribution in [0.25, 0.3) is 0 Å². The number of nitrogens with two attached hydrogens (primary N) is 1. The summed E-state index contributed by atoms with van der Waals surface area (Å²) in [4.78, 5) is 145. The highest BCUT2D eigenvalue weighted by molar-refractivity contribution is 7.98. The monoisotopic (exact) mass is 1070 g/mol. The van der Waals surface area contributed by atoms with E-state index >= 15 is 0 Å². The highest BCUT2D eigenvalue weighted by atomic mass is 32.2. The molecule has 14 N–H and O–H groups in total. The number of carbonyl (C=O) groups excluding carboxylic acids is 9. The van der Waals surface area contributed by atoms with Crippen molar-refractivity contribution in [3.05, 3.63) is 65.7 Å². The molecule has 25 nitrogen and oxygen atoms in total. The summed E-state index contributed by atoms with van der Waals surface area (Å²) in [5, 5.41) is 58.2. The zero-order valence-electron chi connectivity index (χ0n) is 42.5. The van der Waals surface area contributed by atoms with Gasteiger partial charge in [0.05, 0.1) is 31.7 Å². The molecule has 0 saturated carbocycles. The van der Waals surface area contributed by atoms with E-state index in [9.17, 15) is 73.2 Å². The number of carbonyl (C=O) groups is 11. The average molecular weight is 1070 g/mol. The lowest BCUT2D eigenvalue weighted by molar-refractivity contribution is -0.145. The van der Waals surface area contributed by atoms with Crippen LogP contribution in [0.15, 0.2) is 54.6 Å². The number of nitrogens with zero attached hydrogens (tertiary/aromatic N) is 1. The molecule has 1 saturated heterocycles. The molecule has 9 amide bonds. The molecule has 26 heteroatoms. The zero-order valence-corrected chi connectivity index (χ0v) is 43.3. The minimum atomic E-state index is -1.74. The molecule has 0 unspecified atom stereocenters. The van der Waals surface area contributed by atoms with Crippen molar-refractivity contribution in [2.24, 2.45) is 11.7 Å². The van der Waals surface area contributed by atoms with Crippen molar-refractivity contribution in [1.29, 1.82) is 0 Å². The quantitative estimate of drug-likeness (QED) is 0.0381. The maximum atomic E-state index is 14.1. The van der Waals surface area contributed by atoms with E-state index in [1.165, 1.54) is 47.9 Å². The predicted molar refractivity (Wildman–Crippen MR) is 272 cm³/mol. The lowest BCUT2D eigenvalue weighted by atomic mass is 10.0. The Labute approximate surface area is 438 Å². The van der Waals surface area contributed by atoms with E-state index in [2.05, 4.69) is 42.5 Å². The van der Waals surface area contributed by atoms with Crippen LogP contribution in [0.2, 0.25) is 0 Å². The van der Waals surface area contributed by atoms with Crippen LogP contribution in [0.1, 0.15) is 70.9 Å². The molecule has 2 aromatic carbocycles. The minimum absolute atomic E-state index is 0.0762. The second-order valence-corrected chi connectivity index (χ2v) is 19.4. The molecule has 0 spiro atoms. The van der Waals surface area contributed by atoms with Gasteiger partial charge in [-0.25, -0.2) is 4.79 Å². The fraction of sp³-hybridized carbons (Fsp3) is 0.531. The summed E-state index contributed by atoms with van der Waals surface area (Å²) < 4.78 is 0. The maximum absolute atomic E-state index is 14.1. The van der Waals surface area contributed by atoms with E-state index < -0.39 is 139 Å². The topological polar surface area (TPSA) is 394 Å². The normalized spacial score (nSPS) is 16.3. The molecule has 9 atom stereocenters. The van der Waals surface area contributed by atoms with Crippen LogP contribution in [0, 0.1) is 5.92 Å². The summed E-state index contributed by atoms with van der Waals surface area (Å²) in [6.07, 6.45) is 0.170. The first kappa shape index (κ1) is 62.0. The first-order chi connectivity index (χ1) is 35.4. The Morgan fingerprint density at radius 2 is 1.24 bits per heavy atom. The van der Waals surface area contributed by atoms with Crippen molar-refractivity contribution < 1.29 is 73.2 Å². The van der Waals surface area contributed by atoms with Gasteiger partial charge in [-0.05, 0) is 80.7 Å². The van der Waals surface area contributed by atoms with Gasteiger partial charge in [0, 0.05) is 19.4 Å². The molecular weight excluding hydrogens is 1000 g/mol. The molecule has 0 aromatic heterocycles. The minimum Gasteiger partial charge on any atom is -0.508 e. The third-order valence-electron chi connectivity index (χ3n) is 11.7. The molecule has 0 bridgehead atoms. The van der Waals surface area contributed by atoms with Gasteiger partial charge in [-0.1, -0.05) is 56.3 Å². The molecule has 1 heterocycles. The van der Waals surface area contributed by atoms with Gasteiger partial charge in [-0.2, -0.15) is 11.8 Å². The summed E-state index contributed by atoms with van der Waals surface area (Å²) in [5.74, 6) is -10.0. The number of thioether (sulfide) groups is 1. The second-order valence-electron chi connectivity index (χ2n) is 18.5. The third-order valence-corrected chi connectivity index (χ3v) is 12.4. The van der Waals surface area contributed by atoms with Crippen LogP contribution in [0.5, 0.6) is 5.75 Å². The Kier molecular flexibility index (Phi) is 25.4. The van der Waals surface area contributed by atoms with Crippen molar-refractivity contribution in [1.82, 2.24) is 47.4 Å². The molecule has 2 aromatic rings. The predicted octanol–water partition coefficient (Wildman–Crippen LogP) is -2.60. The Balaban J connectivity index is 1.64. The number of hydrogen-bond acceptors (Lipinski definition) is 15. The van der Waals surface area contributed by atoms with Gasteiger partial charge < -0.3 is 73.6 Å². The number of benzene rings is 2. The molecule has 1 aliphatic heterocycles. The van der Waals surface area contributed by atoms with Gasteiger partial charge in [0.2, 0.25) is 53.2 Å². The second kappa shape index (κ2) is 30.8. The van der Waals surface area contributed by atoms with Crippen LogP contribution >= 0.6 is 11.8 Å². The zero-order chi connectivity index (χ0) is 55.9. The van der Waals surface area contributed by atoms with E-state index in [-0.39, 0.29) is 43.9 Å². The van der Waals surface area contributed by atoms with E-state index in [0.717, 1.165) is 6.92 Å². The highest BCUT2D eigenvalue weighted by Crippen LogP contribution is 2.20. The SMILES string of the molecule is CSCC[C@H](N)C(=O)N[C@@H](CC(C)C)C(=O)N[C@@H](CC(=O)O)C(=O)NCC(=O)NCC(=O)N[C@@H](C)C(=O)N1CCC[C@H]1C(=O)N[C@@H](Cc1ccccc1)C(=O)N[C@@H](Cc1ccc(O)cc1)C(=O)N[C@H](C(=O)O)[C@@H](C)O. The van der Waals surface area contributed by atoms with Gasteiger partial charge in [0.15, 0.2) is 6.04 Å². The Morgan fingerprint density at radius 1 is 0.680 bits per heavy atom. The number of nitrogens with one attached hydrogen (secondary N) is 8. The molecule has 0 aliphatic carbocycles. The van der Waals surface area contributed by atoms with E-state index in [0.29, 0.717) is 29.7 Å². The fourth-order valence-corrected chi connectivity index (χ4v) is 8.26. The summed E-state index contributed by atoms with van der Waals surface area (Å²) in [7, 11) is 0. The maximum Gasteiger partial charge on any atom is 0.328 e. The first-order valence-electron chi connectivity index (χ1n) is 24.3. The number of aromatic hydroxyl groups is 1. The molecule has 412 valence electrons. The third kappa shape index (κ3) is 21.2. The molecule has 1 fully saturated rings. The lowest BCUT2D eigenvalue weighted by Gasteiger charge is -2.29. The molecule has 3 rings (SSSR count). The average Bonchev–Trinajstić information content (AvgIpc) is 3.85. The van der Waals surface area contributed by atoms with Crippen LogP contribution in [0.4, 0.5) is 0 Å². The molecule has 75 heavy (non-hydrogen) atoms. The van der Waals surface area contributed by atoms with E-state index in [4.69, 9.17) is 5.73 Å². The number of carboxylic acids is 2. The number of aliphatic carboxylic acids is 2. The number of likely N-dealkylation sites (tertiary alicyclic amines) is 1. The summed E-state index contributed by atoms with van der Waals surface area (Å²) >= 11 is 1.48. The van der Waals surface area contributed by atoms with Crippen LogP contribution in [-0.4, -0.2) is 177 Å². The number of phenols is 1. The van der Waals surface area contributed by atoms with Gasteiger partial charge >= 0.3 is 11.9 Å². The largest absolute Gasteiger partial charge is 0.508 e. The Bertz CT molecular complexity index is 2320. The fourth-order valence-electron chi connectivity index (χ4n) is 7.77. The number of aliphatic hydroxyl groups is 1. The number of rotatable bonds is 30. The standard InChI is InChI=1S/C49H70N10O15S/c1-26(2)20-33(54-42(66)32(50)17-19-75-5)44(68)56-36(23-40(64)65)43(67)52-24-38(62)51-25-39(63)53-27(3)48(72)59-18-9-12-37(59)47(71)57-34(21-29-10-7-6-8-11-29)45(69)55-35(22-30-13-15-31(61)16-14-30)46(70)58-41(28(4)60)49(73)74/h6-8,10-11,13-16,26-28,32-37,41,60-61H,9,12,17-25,50H2,1-5H3,(H,51,62)(H,52,67)(H,53,63)(H,54,66)(H,55,69)(H,56,68)(H,57,71)(H,58,70)(H,64,65)(H,73,74)/t27-,28+,32-,33-,34-,35-,36-,37-,41-/m0/s1. The smallest absolute Gasteiger partial charge is 0.328 e. The van der Waals surface area contributed by atoms with Crippen molar-refractivity contribution in [2.45, 2.75) is 127 Å². The van der Waals surface area contributed by atoms with Gasteiger partial charge in [-0.15, -0.1) is 0 Å². The lowest BCUT2D eigenvalue weighted by Crippen LogP contribution is -2.60. The number of phenolic OH excluding ortho intramolecular Hbond substituents is 1. The van der Waals surface area contributed by atoms with Gasteiger partial charge in [0.25, 0.3) is 0 Å². The van der Waals surface area contributed by atoms with Crippen LogP contribution in [0.3, 0.4) is 0 Å². The summed E-state index contributed by atoms with van der Waals surface area (Å²) in [5.41, 5.74) is 7.01. The first-order valence-corrected chi connectivity index (χ1v) is 25.6. The summed E-state index contributed by atoms with van der Waals surface area (Å²) in [6, 6.07) is 3.58. The van der Waals surface area contributed by atoms with E-state index in [1.807, 2.05) is 6.26 Å². The number of amides is 9. The van der Waals surface area contributed by atoms with Crippen molar-refractivity contribution in [3.63, 3.8) is 0 Å². The number of carboxylic acid groups (broad SMARTS) is 2. The Morgan fingerprint density at radius 3 is 1.83 bits per heavy atom. The summed E-state index contributed by atoms with van der Waals surface area (Å²) in [6.45, 7) is 4.74. The van der Waals surface area contributed by atoms with Gasteiger partial charge in [-0.3, -0.25) is 47.9 Å². The van der Waals surface area contributed by atoms with Gasteiger partial charge in [0.1, 0.15) is 42.0 Å². The van der Waals surface area contributed by atoms with Crippen molar-refractivity contribution >= 4 is 76.9 Å². The molecule has 0 radical (unpaired) electrons. The van der Waals surface area contributed by atoms with Crippen LogP contribution < -0.4 is 48.3 Å². The molecule has 1 aliphatic rings.